The zero-order valence-electron chi connectivity index (χ0n) is 9.80. The van der Waals surface area contributed by atoms with Crippen molar-refractivity contribution in [3.05, 3.63) is 23.8 Å². The van der Waals surface area contributed by atoms with E-state index in [2.05, 4.69) is 5.10 Å². The summed E-state index contributed by atoms with van der Waals surface area (Å²) in [5.41, 5.74) is 0.895. The molecule has 2 rings (SSSR count). The van der Waals surface area contributed by atoms with Crippen LogP contribution in [0.4, 0.5) is 0 Å². The Kier molecular flexibility index (Phi) is 3.82. The van der Waals surface area contributed by atoms with Crippen LogP contribution in [0.3, 0.4) is 0 Å². The molecular weight excluding hydrogens is 220 g/mol. The van der Waals surface area contributed by atoms with Gasteiger partial charge < -0.3 is 14.6 Å². The van der Waals surface area contributed by atoms with E-state index in [9.17, 15) is 5.11 Å². The molecule has 0 aromatic heterocycles. The number of morpholine rings is 1. The van der Waals surface area contributed by atoms with Crippen LogP contribution in [0.1, 0.15) is 5.56 Å². The molecule has 0 unspecified atom stereocenters. The maximum Gasteiger partial charge on any atom is 0.161 e. The number of aromatic hydroxyl groups is 1. The van der Waals surface area contributed by atoms with Crippen LogP contribution in [0.15, 0.2) is 23.3 Å². The third-order valence-corrected chi connectivity index (χ3v) is 2.56. The molecule has 0 radical (unpaired) electrons. The molecule has 1 N–H and O–H groups in total. The van der Waals surface area contributed by atoms with Crippen molar-refractivity contribution in [3.8, 4) is 11.5 Å². The highest BCUT2D eigenvalue weighted by molar-refractivity contribution is 5.80. The molecule has 1 fully saturated rings. The number of rotatable bonds is 3. The van der Waals surface area contributed by atoms with Crippen molar-refractivity contribution in [1.82, 2.24) is 5.01 Å². The Labute approximate surface area is 100 Å². The zero-order valence-corrected chi connectivity index (χ0v) is 9.80. The lowest BCUT2D eigenvalue weighted by Crippen LogP contribution is -2.32. The van der Waals surface area contributed by atoms with Gasteiger partial charge in [-0.1, -0.05) is 0 Å². The van der Waals surface area contributed by atoms with Crippen molar-refractivity contribution in [2.24, 2.45) is 5.10 Å². The molecule has 1 aliphatic heterocycles. The maximum absolute atomic E-state index is 9.46. The van der Waals surface area contributed by atoms with E-state index in [1.165, 1.54) is 7.11 Å². The summed E-state index contributed by atoms with van der Waals surface area (Å²) in [6.45, 7) is 3.06. The number of methoxy groups -OCH3 is 1. The SMILES string of the molecule is COc1cc(/C=N/N2CCOCC2)ccc1O. The Morgan fingerprint density at radius 3 is 2.88 bits per heavy atom. The van der Waals surface area contributed by atoms with Crippen LogP contribution in [0.25, 0.3) is 0 Å². The summed E-state index contributed by atoms with van der Waals surface area (Å²) in [6, 6.07) is 5.14. The molecule has 1 aliphatic rings. The summed E-state index contributed by atoms with van der Waals surface area (Å²) in [5, 5.41) is 15.8. The molecule has 0 saturated carbocycles. The molecule has 0 amide bonds. The number of benzene rings is 1. The minimum atomic E-state index is 0.135. The van der Waals surface area contributed by atoms with Crippen molar-refractivity contribution in [3.63, 3.8) is 0 Å². The van der Waals surface area contributed by atoms with Crippen LogP contribution < -0.4 is 4.74 Å². The van der Waals surface area contributed by atoms with Gasteiger partial charge in [0.1, 0.15) is 0 Å². The molecule has 92 valence electrons. The van der Waals surface area contributed by atoms with Gasteiger partial charge in [0.15, 0.2) is 11.5 Å². The Bertz CT molecular complexity index is 401. The summed E-state index contributed by atoms with van der Waals surface area (Å²) in [6.07, 6.45) is 1.76. The fourth-order valence-electron chi connectivity index (χ4n) is 1.59. The Morgan fingerprint density at radius 1 is 1.41 bits per heavy atom. The standard InChI is InChI=1S/C12H16N2O3/c1-16-12-8-10(2-3-11(12)15)9-13-14-4-6-17-7-5-14/h2-3,8-9,15H,4-7H2,1H3/b13-9+. The fourth-order valence-corrected chi connectivity index (χ4v) is 1.59. The third kappa shape index (κ3) is 3.10. The topological polar surface area (TPSA) is 54.3 Å². The van der Waals surface area contributed by atoms with E-state index in [-0.39, 0.29) is 5.75 Å². The number of hydrogen-bond donors (Lipinski definition) is 1. The lowest BCUT2D eigenvalue weighted by molar-refractivity contribution is 0.0397. The van der Waals surface area contributed by atoms with Crippen LogP contribution >= 0.6 is 0 Å². The first kappa shape index (κ1) is 11.7. The second kappa shape index (κ2) is 5.54. The first-order chi connectivity index (χ1) is 8.29. The quantitative estimate of drug-likeness (QED) is 0.797. The van der Waals surface area contributed by atoms with Gasteiger partial charge in [-0.15, -0.1) is 0 Å². The average Bonchev–Trinajstić information content (AvgIpc) is 2.39. The second-order valence-corrected chi connectivity index (χ2v) is 3.74. The second-order valence-electron chi connectivity index (χ2n) is 3.74. The van der Waals surface area contributed by atoms with Gasteiger partial charge in [0.25, 0.3) is 0 Å². The number of hydrogen-bond acceptors (Lipinski definition) is 5. The van der Waals surface area contributed by atoms with E-state index in [1.54, 1.807) is 24.4 Å². The molecule has 1 aromatic carbocycles. The van der Waals surface area contributed by atoms with Crippen LogP contribution in [0.5, 0.6) is 11.5 Å². The molecule has 5 heteroatoms. The fraction of sp³-hybridized carbons (Fsp3) is 0.417. The molecule has 1 heterocycles. The van der Waals surface area contributed by atoms with Gasteiger partial charge in [-0.25, -0.2) is 0 Å². The summed E-state index contributed by atoms with van der Waals surface area (Å²) in [4.78, 5) is 0. The van der Waals surface area contributed by atoms with E-state index < -0.39 is 0 Å². The highest BCUT2D eigenvalue weighted by Gasteiger charge is 2.06. The lowest BCUT2D eigenvalue weighted by atomic mass is 10.2. The highest BCUT2D eigenvalue weighted by atomic mass is 16.5. The molecule has 1 saturated heterocycles. The molecule has 5 nitrogen and oxygen atoms in total. The minimum Gasteiger partial charge on any atom is -0.504 e. The number of phenolic OH excluding ortho intramolecular Hbond substituents is 1. The Balaban J connectivity index is 2.04. The number of hydrazone groups is 1. The predicted molar refractivity (Wildman–Crippen MR) is 64.6 cm³/mol. The van der Waals surface area contributed by atoms with E-state index >= 15 is 0 Å². The molecule has 0 spiro atoms. The Morgan fingerprint density at radius 2 is 2.18 bits per heavy atom. The first-order valence-electron chi connectivity index (χ1n) is 5.53. The lowest BCUT2D eigenvalue weighted by Gasteiger charge is -2.23. The van der Waals surface area contributed by atoms with E-state index in [0.717, 1.165) is 31.9 Å². The summed E-state index contributed by atoms with van der Waals surface area (Å²) in [7, 11) is 1.53. The molecule has 0 atom stereocenters. The van der Waals surface area contributed by atoms with Crippen molar-refractivity contribution in [2.45, 2.75) is 0 Å². The summed E-state index contributed by atoms with van der Waals surface area (Å²) in [5.74, 6) is 0.590. The van der Waals surface area contributed by atoms with E-state index in [1.807, 2.05) is 5.01 Å². The average molecular weight is 236 g/mol. The van der Waals surface area contributed by atoms with Gasteiger partial charge in [0.2, 0.25) is 0 Å². The molecule has 0 aliphatic carbocycles. The van der Waals surface area contributed by atoms with Crippen LogP contribution in [-0.2, 0) is 4.74 Å². The first-order valence-corrected chi connectivity index (χ1v) is 5.53. The van der Waals surface area contributed by atoms with Gasteiger partial charge >= 0.3 is 0 Å². The van der Waals surface area contributed by atoms with Crippen LogP contribution in [0.2, 0.25) is 0 Å². The van der Waals surface area contributed by atoms with Crippen molar-refractivity contribution in [1.29, 1.82) is 0 Å². The van der Waals surface area contributed by atoms with Gasteiger partial charge in [-0.05, 0) is 23.8 Å². The zero-order chi connectivity index (χ0) is 12.1. The molecule has 0 bridgehead atoms. The largest absolute Gasteiger partial charge is 0.504 e. The van der Waals surface area contributed by atoms with Gasteiger partial charge in [0.05, 0.1) is 39.6 Å². The normalized spacial score (nSPS) is 16.4. The smallest absolute Gasteiger partial charge is 0.161 e. The monoisotopic (exact) mass is 236 g/mol. The van der Waals surface area contributed by atoms with E-state index in [0.29, 0.717) is 5.75 Å². The van der Waals surface area contributed by atoms with Gasteiger partial charge in [-0.2, -0.15) is 5.10 Å². The van der Waals surface area contributed by atoms with Crippen molar-refractivity contribution in [2.75, 3.05) is 33.4 Å². The minimum absolute atomic E-state index is 0.135. The number of phenols is 1. The van der Waals surface area contributed by atoms with Crippen molar-refractivity contribution >= 4 is 6.21 Å². The van der Waals surface area contributed by atoms with Crippen molar-refractivity contribution < 1.29 is 14.6 Å². The van der Waals surface area contributed by atoms with Gasteiger partial charge in [-0.3, -0.25) is 5.01 Å². The maximum atomic E-state index is 9.46. The summed E-state index contributed by atoms with van der Waals surface area (Å²) >= 11 is 0. The predicted octanol–water partition coefficient (Wildman–Crippen LogP) is 1.07. The number of nitrogens with zero attached hydrogens (tertiary/aromatic N) is 2. The molecule has 1 aromatic rings. The van der Waals surface area contributed by atoms with Gasteiger partial charge in [0, 0.05) is 0 Å². The Hall–Kier alpha value is -1.75. The third-order valence-electron chi connectivity index (χ3n) is 2.56. The van der Waals surface area contributed by atoms with Crippen LogP contribution in [-0.4, -0.2) is 49.7 Å². The number of ether oxygens (including phenoxy) is 2. The highest BCUT2D eigenvalue weighted by Crippen LogP contribution is 2.25. The summed E-state index contributed by atoms with van der Waals surface area (Å²) < 4.78 is 10.3. The van der Waals surface area contributed by atoms with Crippen LogP contribution in [0, 0.1) is 0 Å². The molecule has 17 heavy (non-hydrogen) atoms. The van der Waals surface area contributed by atoms with E-state index in [4.69, 9.17) is 9.47 Å². The molecular formula is C12H16N2O3.